The number of fused-ring (bicyclic) bond motifs is 2. The first-order valence-corrected chi connectivity index (χ1v) is 8.25. The number of halogens is 1. The van der Waals surface area contributed by atoms with Crippen LogP contribution in [0.3, 0.4) is 0 Å². The third-order valence-corrected chi connectivity index (χ3v) is 5.95. The van der Waals surface area contributed by atoms with E-state index in [4.69, 9.17) is 0 Å². The summed E-state index contributed by atoms with van der Waals surface area (Å²) in [5, 5.41) is 3.05. The van der Waals surface area contributed by atoms with E-state index in [0.29, 0.717) is 12.3 Å². The molecular weight excluding hydrogens is 349 g/mol. The van der Waals surface area contributed by atoms with Crippen LogP contribution in [-0.4, -0.2) is 5.91 Å². The molecule has 2 aliphatic carbocycles. The minimum atomic E-state index is 0.192. The second-order valence-electron chi connectivity index (χ2n) is 6.15. The van der Waals surface area contributed by atoms with Crippen molar-refractivity contribution in [2.45, 2.75) is 39.0 Å². The predicted octanol–water partition coefficient (Wildman–Crippen LogP) is 4.36. The van der Waals surface area contributed by atoms with Crippen LogP contribution in [0.15, 0.2) is 18.2 Å². The van der Waals surface area contributed by atoms with E-state index in [9.17, 15) is 4.79 Å². The van der Waals surface area contributed by atoms with Crippen LogP contribution in [-0.2, 0) is 4.79 Å². The highest BCUT2D eigenvalue weighted by Gasteiger charge is 2.40. The molecule has 2 bridgehead atoms. The molecule has 0 aromatic heterocycles. The summed E-state index contributed by atoms with van der Waals surface area (Å²) >= 11 is 2.31. The quantitative estimate of drug-likeness (QED) is 0.788. The lowest BCUT2D eigenvalue weighted by atomic mass is 9.86. The normalized spacial score (nSPS) is 28.6. The molecule has 0 radical (unpaired) electrons. The molecule has 0 saturated heterocycles. The summed E-state index contributed by atoms with van der Waals surface area (Å²) in [6, 6.07) is 6.11. The Balaban J connectivity index is 1.57. The number of amides is 1. The molecule has 0 aliphatic heterocycles. The highest BCUT2D eigenvalue weighted by Crippen LogP contribution is 2.49. The molecule has 3 heteroatoms. The maximum absolute atomic E-state index is 12.1. The molecule has 102 valence electrons. The Morgan fingerprint density at radius 3 is 2.84 bits per heavy atom. The van der Waals surface area contributed by atoms with Crippen LogP contribution in [0.1, 0.15) is 37.7 Å². The second kappa shape index (κ2) is 5.43. The van der Waals surface area contributed by atoms with Crippen molar-refractivity contribution in [1.29, 1.82) is 0 Å². The van der Waals surface area contributed by atoms with Crippen LogP contribution in [0.4, 0.5) is 5.69 Å². The lowest BCUT2D eigenvalue weighted by Gasteiger charge is -2.21. The number of aryl methyl sites for hydroxylation is 1. The van der Waals surface area contributed by atoms with Crippen molar-refractivity contribution in [3.05, 3.63) is 27.3 Å². The molecule has 0 heterocycles. The van der Waals surface area contributed by atoms with Crippen molar-refractivity contribution in [2.75, 3.05) is 5.32 Å². The summed E-state index contributed by atoms with van der Waals surface area (Å²) in [7, 11) is 0. The minimum Gasteiger partial charge on any atom is -0.326 e. The number of hydrogen-bond donors (Lipinski definition) is 1. The van der Waals surface area contributed by atoms with Gasteiger partial charge in [-0.3, -0.25) is 4.79 Å². The number of anilines is 1. The number of nitrogens with one attached hydrogen (secondary N) is 1. The van der Waals surface area contributed by atoms with Gasteiger partial charge in [0.15, 0.2) is 0 Å². The van der Waals surface area contributed by atoms with E-state index in [2.05, 4.69) is 47.0 Å². The molecule has 2 nitrogen and oxygen atoms in total. The Morgan fingerprint density at radius 2 is 2.21 bits per heavy atom. The summed E-state index contributed by atoms with van der Waals surface area (Å²) in [4.78, 5) is 12.1. The summed E-state index contributed by atoms with van der Waals surface area (Å²) in [6.07, 6.45) is 6.12. The number of benzene rings is 1. The first kappa shape index (κ1) is 13.4. The van der Waals surface area contributed by atoms with Crippen molar-refractivity contribution >= 4 is 34.2 Å². The van der Waals surface area contributed by atoms with Crippen LogP contribution in [0.5, 0.6) is 0 Å². The Hall–Kier alpha value is -0.580. The topological polar surface area (TPSA) is 29.1 Å². The zero-order chi connectivity index (χ0) is 13.4. The fourth-order valence-corrected chi connectivity index (χ4v) is 4.26. The molecule has 2 saturated carbocycles. The van der Waals surface area contributed by atoms with Gasteiger partial charge in [0.25, 0.3) is 0 Å². The number of rotatable bonds is 3. The SMILES string of the molecule is Cc1ccc(NC(=O)C[C@@H]2C[C@@H]3CC[C@@H]2C3)cc1I. The van der Waals surface area contributed by atoms with Crippen molar-refractivity contribution in [3.8, 4) is 0 Å². The highest BCUT2D eigenvalue weighted by atomic mass is 127. The Bertz CT molecular complexity index is 500. The Labute approximate surface area is 128 Å². The molecule has 1 aromatic rings. The van der Waals surface area contributed by atoms with Crippen LogP contribution in [0.2, 0.25) is 0 Å². The summed E-state index contributed by atoms with van der Waals surface area (Å²) in [5.74, 6) is 2.58. The molecule has 19 heavy (non-hydrogen) atoms. The van der Waals surface area contributed by atoms with Gasteiger partial charge in [-0.15, -0.1) is 0 Å². The average Bonchev–Trinajstić information content (AvgIpc) is 2.96. The number of carbonyl (C=O) groups excluding carboxylic acids is 1. The van der Waals surface area contributed by atoms with E-state index >= 15 is 0 Å². The van der Waals surface area contributed by atoms with E-state index in [-0.39, 0.29) is 5.91 Å². The van der Waals surface area contributed by atoms with Crippen LogP contribution >= 0.6 is 22.6 Å². The van der Waals surface area contributed by atoms with E-state index in [1.165, 1.54) is 34.8 Å². The lowest BCUT2D eigenvalue weighted by Crippen LogP contribution is -2.20. The standard InChI is InChI=1S/C16H20INO/c1-10-2-5-14(9-15(10)17)18-16(19)8-13-7-11-3-4-12(13)6-11/h2,5,9,11-13H,3-4,6-8H2,1H3,(H,18,19)/t11-,12-,13+/m1/s1. The van der Waals surface area contributed by atoms with Crippen LogP contribution in [0.25, 0.3) is 0 Å². The fourth-order valence-electron chi connectivity index (χ4n) is 3.75. The van der Waals surface area contributed by atoms with Gasteiger partial charge in [-0.1, -0.05) is 12.5 Å². The molecule has 0 spiro atoms. The van der Waals surface area contributed by atoms with Gasteiger partial charge in [0.2, 0.25) is 5.91 Å². The third-order valence-electron chi connectivity index (χ3n) is 4.79. The van der Waals surface area contributed by atoms with Gasteiger partial charge in [0, 0.05) is 15.7 Å². The third kappa shape index (κ3) is 2.96. The van der Waals surface area contributed by atoms with Gasteiger partial charge in [-0.2, -0.15) is 0 Å². The summed E-state index contributed by atoms with van der Waals surface area (Å²) in [6.45, 7) is 2.09. The minimum absolute atomic E-state index is 0.192. The number of carbonyl (C=O) groups is 1. The molecule has 2 fully saturated rings. The maximum atomic E-state index is 12.1. The molecule has 1 amide bonds. The maximum Gasteiger partial charge on any atom is 0.224 e. The second-order valence-corrected chi connectivity index (χ2v) is 7.31. The van der Waals surface area contributed by atoms with Gasteiger partial charge in [-0.25, -0.2) is 0 Å². The fraction of sp³-hybridized carbons (Fsp3) is 0.562. The average molecular weight is 369 g/mol. The molecular formula is C16H20INO. The Morgan fingerprint density at radius 1 is 1.37 bits per heavy atom. The molecule has 1 aromatic carbocycles. The first-order valence-electron chi connectivity index (χ1n) is 7.18. The van der Waals surface area contributed by atoms with Crippen LogP contribution < -0.4 is 5.32 Å². The van der Waals surface area contributed by atoms with E-state index in [0.717, 1.165) is 17.5 Å². The molecule has 0 unspecified atom stereocenters. The molecule has 2 aliphatic rings. The summed E-state index contributed by atoms with van der Waals surface area (Å²) < 4.78 is 1.20. The lowest BCUT2D eigenvalue weighted by molar-refractivity contribution is -0.117. The molecule has 1 N–H and O–H groups in total. The Kier molecular flexibility index (Phi) is 3.83. The molecule has 3 rings (SSSR count). The van der Waals surface area contributed by atoms with Crippen LogP contribution in [0, 0.1) is 28.2 Å². The smallest absolute Gasteiger partial charge is 0.224 e. The first-order chi connectivity index (χ1) is 9.11. The summed E-state index contributed by atoms with van der Waals surface area (Å²) in [5.41, 5.74) is 2.19. The van der Waals surface area contributed by atoms with E-state index < -0.39 is 0 Å². The van der Waals surface area contributed by atoms with Gasteiger partial charge in [-0.05, 0) is 84.2 Å². The highest BCUT2D eigenvalue weighted by molar-refractivity contribution is 14.1. The monoisotopic (exact) mass is 369 g/mol. The zero-order valence-electron chi connectivity index (χ0n) is 11.3. The van der Waals surface area contributed by atoms with Gasteiger partial charge in [0.1, 0.15) is 0 Å². The van der Waals surface area contributed by atoms with Crippen molar-refractivity contribution < 1.29 is 4.79 Å². The van der Waals surface area contributed by atoms with Crippen molar-refractivity contribution in [2.24, 2.45) is 17.8 Å². The molecule has 3 atom stereocenters. The van der Waals surface area contributed by atoms with Gasteiger partial charge in [0.05, 0.1) is 0 Å². The van der Waals surface area contributed by atoms with Gasteiger partial charge >= 0.3 is 0 Å². The predicted molar refractivity (Wildman–Crippen MR) is 86.1 cm³/mol. The largest absolute Gasteiger partial charge is 0.326 e. The zero-order valence-corrected chi connectivity index (χ0v) is 13.4. The van der Waals surface area contributed by atoms with E-state index in [1.807, 2.05) is 6.07 Å². The van der Waals surface area contributed by atoms with E-state index in [1.54, 1.807) is 0 Å². The van der Waals surface area contributed by atoms with Gasteiger partial charge < -0.3 is 5.32 Å². The van der Waals surface area contributed by atoms with Crippen molar-refractivity contribution in [1.82, 2.24) is 0 Å². The number of hydrogen-bond acceptors (Lipinski definition) is 1. The van der Waals surface area contributed by atoms with Crippen molar-refractivity contribution in [3.63, 3.8) is 0 Å².